The Morgan fingerprint density at radius 1 is 0.875 bits per heavy atom. The van der Waals surface area contributed by atoms with Gasteiger partial charge in [0.15, 0.2) is 0 Å². The minimum atomic E-state index is -0.378. The number of urea groups is 1. The highest BCUT2D eigenvalue weighted by Crippen LogP contribution is 2.28. The van der Waals surface area contributed by atoms with Gasteiger partial charge in [-0.05, 0) is 68.4 Å². The van der Waals surface area contributed by atoms with Gasteiger partial charge >= 0.3 is 6.03 Å². The van der Waals surface area contributed by atoms with Gasteiger partial charge in [0.1, 0.15) is 23.1 Å². The highest BCUT2D eigenvalue weighted by atomic mass is 16.5. The van der Waals surface area contributed by atoms with E-state index in [1.165, 1.54) is 0 Å². The Hall–Kier alpha value is -4.92. The molecule has 3 N–H and O–H groups in total. The molecule has 0 radical (unpaired) electrons. The molecule has 3 aromatic heterocycles. The Morgan fingerprint density at radius 3 is 2.42 bits per heavy atom. The molecule has 3 heterocycles. The van der Waals surface area contributed by atoms with Crippen LogP contribution in [0.2, 0.25) is 0 Å². The van der Waals surface area contributed by atoms with E-state index >= 15 is 0 Å². The molecule has 5 aromatic rings. The van der Waals surface area contributed by atoms with E-state index in [0.717, 1.165) is 28.1 Å². The van der Waals surface area contributed by atoms with Gasteiger partial charge in [0.05, 0.1) is 16.9 Å². The van der Waals surface area contributed by atoms with Crippen molar-refractivity contribution < 1.29 is 9.53 Å². The summed E-state index contributed by atoms with van der Waals surface area (Å²) in [7, 11) is 0. The number of nitrogens with zero attached hydrogens (tertiary/aromatic N) is 4. The summed E-state index contributed by atoms with van der Waals surface area (Å²) in [5.74, 6) is 2.63. The third-order valence-electron chi connectivity index (χ3n) is 6.07. The summed E-state index contributed by atoms with van der Waals surface area (Å²) in [5, 5.41) is 14.9. The van der Waals surface area contributed by atoms with Crippen molar-refractivity contribution in [2.45, 2.75) is 46.1 Å². The number of nitrogens with one attached hydrogen (secondary N) is 3. The zero-order chi connectivity index (χ0) is 28.3. The van der Waals surface area contributed by atoms with Gasteiger partial charge in [-0.3, -0.25) is 10.3 Å². The van der Waals surface area contributed by atoms with Gasteiger partial charge in [0.25, 0.3) is 0 Å². The van der Waals surface area contributed by atoms with Crippen molar-refractivity contribution in [2.75, 3.05) is 16.0 Å². The van der Waals surface area contributed by atoms with Crippen LogP contribution in [0.25, 0.3) is 16.6 Å². The van der Waals surface area contributed by atoms with Crippen LogP contribution >= 0.6 is 0 Å². The molecule has 0 aliphatic rings. The van der Waals surface area contributed by atoms with Crippen LogP contribution in [0.3, 0.4) is 0 Å². The molecular formula is C31H33N7O2. The van der Waals surface area contributed by atoms with Crippen molar-refractivity contribution >= 4 is 34.3 Å². The van der Waals surface area contributed by atoms with Crippen LogP contribution in [0, 0.1) is 0 Å². The summed E-state index contributed by atoms with van der Waals surface area (Å²) in [6.45, 7) is 10.4. The fourth-order valence-corrected chi connectivity index (χ4v) is 4.10. The molecule has 0 unspecified atom stereocenters. The number of fused-ring (bicyclic) bond motifs is 1. The Bertz CT molecular complexity index is 1640. The maximum atomic E-state index is 13.0. The second-order valence-corrected chi connectivity index (χ2v) is 10.8. The van der Waals surface area contributed by atoms with Gasteiger partial charge < -0.3 is 15.4 Å². The van der Waals surface area contributed by atoms with E-state index in [0.29, 0.717) is 23.0 Å². The number of ether oxygens (including phenoxy) is 1. The number of anilines is 3. The number of aromatic nitrogens is 4. The molecule has 0 saturated heterocycles. The van der Waals surface area contributed by atoms with Crippen LogP contribution in [0.15, 0.2) is 85.2 Å². The fourth-order valence-electron chi connectivity index (χ4n) is 4.10. The number of benzene rings is 2. The second kappa shape index (κ2) is 11.1. The largest absolute Gasteiger partial charge is 0.457 e. The molecule has 0 fully saturated rings. The van der Waals surface area contributed by atoms with Gasteiger partial charge in [-0.15, -0.1) is 0 Å². The van der Waals surface area contributed by atoms with Crippen LogP contribution < -0.4 is 20.7 Å². The second-order valence-electron chi connectivity index (χ2n) is 10.8. The van der Waals surface area contributed by atoms with E-state index in [4.69, 9.17) is 9.84 Å². The van der Waals surface area contributed by atoms with E-state index in [1.54, 1.807) is 47.4 Å². The topological polar surface area (TPSA) is 106 Å². The molecule has 0 atom stereocenters. The highest BCUT2D eigenvalue weighted by Gasteiger charge is 2.22. The predicted molar refractivity (Wildman–Crippen MR) is 160 cm³/mol. The number of carbonyl (C=O) groups is 1. The molecule has 2 amide bonds. The summed E-state index contributed by atoms with van der Waals surface area (Å²) in [4.78, 5) is 21.7. The normalized spacial score (nSPS) is 11.4. The number of carbonyl (C=O) groups excluding carboxylic acids is 1. The lowest BCUT2D eigenvalue weighted by molar-refractivity contribution is 0.262. The van der Waals surface area contributed by atoms with Crippen molar-refractivity contribution in [3.05, 3.63) is 90.9 Å². The molecule has 5 rings (SSSR count). The maximum absolute atomic E-state index is 13.0. The first-order valence-electron chi connectivity index (χ1n) is 13.2. The highest BCUT2D eigenvalue weighted by molar-refractivity contribution is 5.99. The lowest BCUT2D eigenvalue weighted by Gasteiger charge is -2.14. The van der Waals surface area contributed by atoms with Crippen molar-refractivity contribution in [1.82, 2.24) is 19.7 Å². The Kier molecular flexibility index (Phi) is 7.37. The molecule has 0 spiro atoms. The number of amides is 2. The lowest BCUT2D eigenvalue weighted by Crippen LogP contribution is -2.21. The Morgan fingerprint density at radius 2 is 1.68 bits per heavy atom. The molecular weight excluding hydrogens is 502 g/mol. The molecule has 0 saturated carbocycles. The summed E-state index contributed by atoms with van der Waals surface area (Å²) >= 11 is 0. The van der Waals surface area contributed by atoms with Gasteiger partial charge in [0, 0.05) is 47.1 Å². The molecule has 2 aromatic carbocycles. The first-order valence-corrected chi connectivity index (χ1v) is 13.2. The predicted octanol–water partition coefficient (Wildman–Crippen LogP) is 7.37. The molecule has 40 heavy (non-hydrogen) atoms. The fraction of sp³-hybridized carbons (Fsp3) is 0.226. The number of hydrogen-bond acceptors (Lipinski definition) is 6. The molecule has 9 nitrogen and oxygen atoms in total. The van der Waals surface area contributed by atoms with Crippen LogP contribution in [0.4, 0.5) is 22.1 Å². The summed E-state index contributed by atoms with van der Waals surface area (Å²) in [6.07, 6.45) is 3.47. The van der Waals surface area contributed by atoms with Gasteiger partial charge in [-0.2, -0.15) is 5.10 Å². The van der Waals surface area contributed by atoms with Crippen molar-refractivity contribution in [1.29, 1.82) is 0 Å². The number of pyridine rings is 2. The average Bonchev–Trinajstić information content (AvgIpc) is 3.34. The third-order valence-corrected chi connectivity index (χ3v) is 6.07. The van der Waals surface area contributed by atoms with Gasteiger partial charge in [-0.25, -0.2) is 14.5 Å². The third kappa shape index (κ3) is 6.37. The van der Waals surface area contributed by atoms with Gasteiger partial charge in [0.2, 0.25) is 0 Å². The van der Waals surface area contributed by atoms with E-state index in [1.807, 2.05) is 42.5 Å². The van der Waals surface area contributed by atoms with E-state index in [-0.39, 0.29) is 17.5 Å². The van der Waals surface area contributed by atoms with Crippen molar-refractivity contribution in [3.8, 4) is 17.2 Å². The molecule has 0 bridgehead atoms. The van der Waals surface area contributed by atoms with Crippen molar-refractivity contribution in [2.24, 2.45) is 0 Å². The number of rotatable bonds is 7. The molecule has 0 aliphatic carbocycles. The standard InChI is InChI=1S/C31H33N7O2/c1-20(2)34-28-18-25(14-16-33-28)40-24-11-8-22(9-12-24)35-30(39)36-29-19-27(31(3,4)5)37-38(29)23-10-13-26-21(17-23)7-6-15-32-26/h6-20H,1-5H3,(H,33,34)(H2,35,36,39). The monoisotopic (exact) mass is 535 g/mol. The average molecular weight is 536 g/mol. The Labute approximate surface area is 233 Å². The Balaban J connectivity index is 1.30. The quantitative estimate of drug-likeness (QED) is 0.201. The zero-order valence-electron chi connectivity index (χ0n) is 23.3. The molecule has 204 valence electrons. The minimum absolute atomic E-state index is 0.202. The summed E-state index contributed by atoms with van der Waals surface area (Å²) < 4.78 is 7.71. The van der Waals surface area contributed by atoms with E-state index in [9.17, 15) is 4.79 Å². The zero-order valence-corrected chi connectivity index (χ0v) is 23.3. The number of hydrogen-bond donors (Lipinski definition) is 3. The SMILES string of the molecule is CC(C)Nc1cc(Oc2ccc(NC(=O)Nc3cc(C(C)(C)C)nn3-c3ccc4ncccc4c3)cc2)ccn1. The van der Waals surface area contributed by atoms with Crippen LogP contribution in [0.5, 0.6) is 11.5 Å². The van der Waals surface area contributed by atoms with Crippen LogP contribution in [-0.4, -0.2) is 31.8 Å². The summed E-state index contributed by atoms with van der Waals surface area (Å²) in [5.41, 5.74) is 3.01. The summed E-state index contributed by atoms with van der Waals surface area (Å²) in [6, 6.07) is 22.4. The van der Waals surface area contributed by atoms with E-state index < -0.39 is 0 Å². The van der Waals surface area contributed by atoms with Crippen molar-refractivity contribution in [3.63, 3.8) is 0 Å². The van der Waals surface area contributed by atoms with E-state index in [2.05, 4.69) is 60.5 Å². The maximum Gasteiger partial charge on any atom is 0.324 e. The minimum Gasteiger partial charge on any atom is -0.457 e. The molecule has 0 aliphatic heterocycles. The first-order chi connectivity index (χ1) is 19.1. The first kappa shape index (κ1) is 26.7. The van der Waals surface area contributed by atoms with Crippen LogP contribution in [-0.2, 0) is 5.41 Å². The molecule has 9 heteroatoms. The van der Waals surface area contributed by atoms with Gasteiger partial charge in [-0.1, -0.05) is 26.8 Å². The smallest absolute Gasteiger partial charge is 0.324 e. The lowest BCUT2D eigenvalue weighted by atomic mass is 9.92. The van der Waals surface area contributed by atoms with Crippen LogP contribution in [0.1, 0.15) is 40.3 Å².